The maximum atomic E-state index is 5.56. The highest BCUT2D eigenvalue weighted by molar-refractivity contribution is 5.66. The summed E-state index contributed by atoms with van der Waals surface area (Å²) < 4.78 is 5.56. The Bertz CT molecular complexity index is 906. The lowest BCUT2D eigenvalue weighted by molar-refractivity contribution is 0.340. The van der Waals surface area contributed by atoms with Crippen molar-refractivity contribution in [3.05, 3.63) is 89.0 Å². The Hall–Kier alpha value is -2.54. The van der Waals surface area contributed by atoms with Crippen molar-refractivity contribution in [2.45, 2.75) is 51.9 Å². The normalized spacial score (nSPS) is 15.9. The number of hydrogen-bond acceptors (Lipinski definition) is 1. The van der Waals surface area contributed by atoms with Crippen LogP contribution in [0, 0.1) is 0 Å². The van der Waals surface area contributed by atoms with E-state index in [1.54, 1.807) is 0 Å². The molecule has 0 aromatic heterocycles. The molecule has 0 radical (unpaired) electrons. The van der Waals surface area contributed by atoms with Crippen molar-refractivity contribution in [1.29, 1.82) is 0 Å². The average Bonchev–Trinajstić information content (AvgIpc) is 2.75. The van der Waals surface area contributed by atoms with Gasteiger partial charge in [0.2, 0.25) is 0 Å². The zero-order chi connectivity index (χ0) is 19.3. The highest BCUT2D eigenvalue weighted by Crippen LogP contribution is 2.35. The molecule has 0 spiro atoms. The van der Waals surface area contributed by atoms with Crippen molar-refractivity contribution in [3.8, 4) is 16.9 Å². The summed E-state index contributed by atoms with van der Waals surface area (Å²) in [7, 11) is 0. The Morgan fingerprint density at radius 1 is 0.821 bits per heavy atom. The lowest BCUT2D eigenvalue weighted by Crippen LogP contribution is -2.13. The molecule has 3 aromatic carbocycles. The van der Waals surface area contributed by atoms with Crippen LogP contribution in [0.2, 0.25) is 0 Å². The van der Waals surface area contributed by atoms with E-state index >= 15 is 0 Å². The fourth-order valence-electron chi connectivity index (χ4n) is 4.37. The first-order valence-corrected chi connectivity index (χ1v) is 10.7. The van der Waals surface area contributed by atoms with Crippen LogP contribution in [-0.2, 0) is 19.3 Å². The average molecular weight is 371 g/mol. The first-order chi connectivity index (χ1) is 13.8. The molecule has 1 atom stereocenters. The first-order valence-electron chi connectivity index (χ1n) is 10.7. The molecule has 0 N–H and O–H groups in total. The number of aryl methyl sites for hydroxylation is 2. The predicted molar refractivity (Wildman–Crippen MR) is 118 cm³/mol. The minimum atomic E-state index is 0.652. The van der Waals surface area contributed by atoms with E-state index < -0.39 is 0 Å². The Kier molecular flexibility index (Phi) is 5.81. The summed E-state index contributed by atoms with van der Waals surface area (Å²) in [5.74, 6) is 1.59. The van der Waals surface area contributed by atoms with Crippen LogP contribution in [0.15, 0.2) is 66.7 Å². The van der Waals surface area contributed by atoms with Crippen LogP contribution in [0.1, 0.15) is 54.9 Å². The molecule has 0 fully saturated rings. The van der Waals surface area contributed by atoms with Crippen LogP contribution in [0.3, 0.4) is 0 Å². The number of benzene rings is 3. The van der Waals surface area contributed by atoms with Gasteiger partial charge in [-0.1, -0.05) is 67.9 Å². The fourth-order valence-corrected chi connectivity index (χ4v) is 4.37. The van der Waals surface area contributed by atoms with Gasteiger partial charge in [0, 0.05) is 0 Å². The topological polar surface area (TPSA) is 9.23 Å². The van der Waals surface area contributed by atoms with Gasteiger partial charge < -0.3 is 4.74 Å². The summed E-state index contributed by atoms with van der Waals surface area (Å²) in [6, 6.07) is 24.8. The fraction of sp³-hybridized carbons (Fsp3) is 0.333. The number of ether oxygens (including phenoxy) is 1. The molecule has 1 heteroatoms. The molecule has 1 unspecified atom stereocenters. The van der Waals surface area contributed by atoms with Crippen LogP contribution in [-0.4, -0.2) is 6.61 Å². The SMILES string of the molecule is CCCc1ccc(C2CCc3cc(-c4ccc(OCC)cc4)ccc3C2)cc1. The van der Waals surface area contributed by atoms with Gasteiger partial charge >= 0.3 is 0 Å². The van der Waals surface area contributed by atoms with Crippen LogP contribution in [0.5, 0.6) is 5.75 Å². The molecule has 0 bridgehead atoms. The van der Waals surface area contributed by atoms with E-state index in [4.69, 9.17) is 4.74 Å². The molecule has 1 aliphatic carbocycles. The van der Waals surface area contributed by atoms with Crippen molar-refractivity contribution in [2.75, 3.05) is 6.61 Å². The molecule has 0 aliphatic heterocycles. The summed E-state index contributed by atoms with van der Waals surface area (Å²) in [6.07, 6.45) is 5.97. The predicted octanol–water partition coefficient (Wildman–Crippen LogP) is 6.98. The van der Waals surface area contributed by atoms with Crippen molar-refractivity contribution in [2.24, 2.45) is 0 Å². The zero-order valence-corrected chi connectivity index (χ0v) is 17.1. The van der Waals surface area contributed by atoms with Crippen molar-refractivity contribution in [3.63, 3.8) is 0 Å². The molecule has 144 valence electrons. The van der Waals surface area contributed by atoms with Gasteiger partial charge in [0.05, 0.1) is 6.61 Å². The van der Waals surface area contributed by atoms with Crippen LogP contribution in [0.25, 0.3) is 11.1 Å². The third-order valence-electron chi connectivity index (χ3n) is 5.92. The van der Waals surface area contributed by atoms with Gasteiger partial charge in [0.1, 0.15) is 5.75 Å². The third kappa shape index (κ3) is 4.14. The quantitative estimate of drug-likeness (QED) is 0.455. The minimum Gasteiger partial charge on any atom is -0.494 e. The Morgan fingerprint density at radius 2 is 1.57 bits per heavy atom. The Balaban J connectivity index is 1.49. The van der Waals surface area contributed by atoms with Gasteiger partial charge in [-0.25, -0.2) is 0 Å². The van der Waals surface area contributed by atoms with Crippen molar-refractivity contribution >= 4 is 0 Å². The second-order valence-electron chi connectivity index (χ2n) is 7.87. The molecule has 4 rings (SSSR count). The smallest absolute Gasteiger partial charge is 0.119 e. The second kappa shape index (κ2) is 8.65. The molecule has 0 saturated heterocycles. The summed E-state index contributed by atoms with van der Waals surface area (Å²) >= 11 is 0. The molecular weight excluding hydrogens is 340 g/mol. The standard InChI is InChI=1S/C27H30O/c1-3-5-20-6-8-21(9-7-20)23-10-12-26-19-24(11-13-25(26)18-23)22-14-16-27(17-15-22)28-4-2/h6-9,11,13-17,19,23H,3-5,10,12,18H2,1-2H3. The van der Waals surface area contributed by atoms with Crippen LogP contribution < -0.4 is 4.74 Å². The van der Waals surface area contributed by atoms with E-state index in [9.17, 15) is 0 Å². The zero-order valence-electron chi connectivity index (χ0n) is 17.1. The van der Waals surface area contributed by atoms with Gasteiger partial charge in [-0.15, -0.1) is 0 Å². The molecule has 1 nitrogen and oxygen atoms in total. The third-order valence-corrected chi connectivity index (χ3v) is 5.92. The van der Waals surface area contributed by atoms with Crippen LogP contribution >= 0.6 is 0 Å². The molecule has 3 aromatic rings. The van der Waals surface area contributed by atoms with E-state index in [0.29, 0.717) is 12.5 Å². The second-order valence-corrected chi connectivity index (χ2v) is 7.87. The van der Waals surface area contributed by atoms with Gasteiger partial charge in [-0.3, -0.25) is 0 Å². The van der Waals surface area contributed by atoms with E-state index in [0.717, 1.165) is 12.2 Å². The number of hydrogen-bond donors (Lipinski definition) is 0. The van der Waals surface area contributed by atoms with Gasteiger partial charge in [0.15, 0.2) is 0 Å². The molecule has 0 amide bonds. The highest BCUT2D eigenvalue weighted by atomic mass is 16.5. The van der Waals surface area contributed by atoms with Gasteiger partial charge in [-0.2, -0.15) is 0 Å². The Labute approximate surface area is 169 Å². The van der Waals surface area contributed by atoms with E-state index in [1.165, 1.54) is 59.1 Å². The molecule has 1 aliphatic rings. The monoisotopic (exact) mass is 370 g/mol. The van der Waals surface area contributed by atoms with Gasteiger partial charge in [-0.05, 0) is 84.0 Å². The summed E-state index contributed by atoms with van der Waals surface area (Å²) in [5, 5.41) is 0. The largest absolute Gasteiger partial charge is 0.494 e. The number of rotatable bonds is 6. The molecule has 28 heavy (non-hydrogen) atoms. The summed E-state index contributed by atoms with van der Waals surface area (Å²) in [5.41, 5.74) is 8.57. The maximum Gasteiger partial charge on any atom is 0.119 e. The molecule has 0 saturated carbocycles. The molecular formula is C27H30O. The van der Waals surface area contributed by atoms with E-state index in [1.807, 2.05) is 6.92 Å². The number of fused-ring (bicyclic) bond motifs is 1. The van der Waals surface area contributed by atoms with Crippen molar-refractivity contribution in [1.82, 2.24) is 0 Å². The summed E-state index contributed by atoms with van der Waals surface area (Å²) in [4.78, 5) is 0. The lowest BCUT2D eigenvalue weighted by atomic mass is 9.79. The maximum absolute atomic E-state index is 5.56. The lowest BCUT2D eigenvalue weighted by Gasteiger charge is -2.26. The summed E-state index contributed by atoms with van der Waals surface area (Å²) in [6.45, 7) is 4.97. The Morgan fingerprint density at radius 3 is 2.29 bits per heavy atom. The minimum absolute atomic E-state index is 0.652. The van der Waals surface area contributed by atoms with Gasteiger partial charge in [0.25, 0.3) is 0 Å². The van der Waals surface area contributed by atoms with Crippen LogP contribution in [0.4, 0.5) is 0 Å². The highest BCUT2D eigenvalue weighted by Gasteiger charge is 2.20. The first kappa shape index (κ1) is 18.8. The van der Waals surface area contributed by atoms with E-state index in [-0.39, 0.29) is 0 Å². The van der Waals surface area contributed by atoms with Crippen molar-refractivity contribution < 1.29 is 4.74 Å². The van der Waals surface area contributed by atoms with E-state index in [2.05, 4.69) is 73.7 Å². The molecule has 0 heterocycles.